The predicted octanol–water partition coefficient (Wildman–Crippen LogP) is 4.78. The number of rotatable bonds is 2. The molecule has 0 aromatic carbocycles. The van der Waals surface area contributed by atoms with E-state index in [1.807, 2.05) is 0 Å². The average Bonchev–Trinajstić information content (AvgIpc) is 3.02. The maximum atomic E-state index is 1.62. The molecule has 3 fully saturated rings. The molecular weight excluding hydrogens is 180 g/mol. The van der Waals surface area contributed by atoms with E-state index in [-0.39, 0.29) is 0 Å². The molecular formula is C15H26. The highest BCUT2D eigenvalue weighted by Crippen LogP contribution is 2.47. The molecule has 0 spiro atoms. The van der Waals surface area contributed by atoms with Crippen molar-refractivity contribution < 1.29 is 0 Å². The summed E-state index contributed by atoms with van der Waals surface area (Å²) >= 11 is 0. The molecule has 0 amide bonds. The summed E-state index contributed by atoms with van der Waals surface area (Å²) in [5.74, 6) is 4.60. The molecule has 0 radical (unpaired) electrons. The van der Waals surface area contributed by atoms with Crippen LogP contribution in [0.1, 0.15) is 70.6 Å². The number of hydrogen-bond donors (Lipinski definition) is 0. The van der Waals surface area contributed by atoms with Crippen molar-refractivity contribution in [2.24, 2.45) is 23.7 Å². The summed E-state index contributed by atoms with van der Waals surface area (Å²) in [5, 5.41) is 0. The molecule has 0 aromatic rings. The molecule has 2 atom stereocenters. The van der Waals surface area contributed by atoms with Crippen LogP contribution in [0.15, 0.2) is 0 Å². The summed E-state index contributed by atoms with van der Waals surface area (Å²) < 4.78 is 0. The van der Waals surface area contributed by atoms with Crippen LogP contribution in [-0.2, 0) is 0 Å². The smallest absolute Gasteiger partial charge is 0.0383 e. The first kappa shape index (κ1) is 10.2. The van der Waals surface area contributed by atoms with Gasteiger partial charge in [0.1, 0.15) is 0 Å². The fraction of sp³-hybridized carbons (Fsp3) is 1.00. The molecule has 0 bridgehead atoms. The zero-order valence-corrected chi connectivity index (χ0v) is 10.1. The molecule has 0 aromatic heterocycles. The van der Waals surface area contributed by atoms with E-state index < -0.39 is 0 Å². The van der Waals surface area contributed by atoms with Crippen LogP contribution in [0.2, 0.25) is 0 Å². The number of hydrogen-bond acceptors (Lipinski definition) is 0. The van der Waals surface area contributed by atoms with Gasteiger partial charge in [0.25, 0.3) is 0 Å². The van der Waals surface area contributed by atoms with Crippen molar-refractivity contribution in [3.63, 3.8) is 0 Å². The van der Waals surface area contributed by atoms with Crippen LogP contribution in [0.25, 0.3) is 0 Å². The van der Waals surface area contributed by atoms with Gasteiger partial charge in [-0.15, -0.1) is 0 Å². The van der Waals surface area contributed by atoms with Crippen molar-refractivity contribution in [1.82, 2.24) is 0 Å². The molecule has 0 heteroatoms. The summed E-state index contributed by atoms with van der Waals surface area (Å²) in [7, 11) is 0. The van der Waals surface area contributed by atoms with Gasteiger partial charge in [-0.2, -0.15) is 0 Å². The topological polar surface area (TPSA) is 0 Å². The Morgan fingerprint density at radius 3 is 1.20 bits per heavy atom. The van der Waals surface area contributed by atoms with E-state index >= 15 is 0 Å². The minimum atomic E-state index is 1.15. The quantitative estimate of drug-likeness (QED) is 0.610. The van der Waals surface area contributed by atoms with Gasteiger partial charge in [0.05, 0.1) is 0 Å². The highest BCUT2D eigenvalue weighted by Gasteiger charge is 2.36. The van der Waals surface area contributed by atoms with E-state index in [0.29, 0.717) is 0 Å². The van der Waals surface area contributed by atoms with Crippen molar-refractivity contribution >= 4 is 0 Å². The Labute approximate surface area is 94.8 Å². The lowest BCUT2D eigenvalue weighted by Crippen LogP contribution is -2.11. The zero-order valence-electron chi connectivity index (χ0n) is 10.1. The van der Waals surface area contributed by atoms with Gasteiger partial charge in [-0.3, -0.25) is 0 Å². The lowest BCUT2D eigenvalue weighted by atomic mass is 9.85. The Hall–Kier alpha value is 0. The Morgan fingerprint density at radius 2 is 0.800 bits per heavy atom. The highest BCUT2D eigenvalue weighted by atomic mass is 14.4. The Bertz CT molecular complexity index is 174. The average molecular weight is 206 g/mol. The maximum absolute atomic E-state index is 1.62. The molecule has 0 N–H and O–H groups in total. The van der Waals surface area contributed by atoms with Crippen LogP contribution in [0.5, 0.6) is 0 Å². The summed E-state index contributed by atoms with van der Waals surface area (Å²) in [6.07, 6.45) is 17.2. The molecule has 0 aliphatic heterocycles. The minimum Gasteiger partial charge on any atom is -0.0530 e. The maximum Gasteiger partial charge on any atom is -0.0383 e. The van der Waals surface area contributed by atoms with E-state index in [1.165, 1.54) is 25.7 Å². The molecule has 0 saturated heterocycles. The zero-order chi connectivity index (χ0) is 10.1. The summed E-state index contributed by atoms with van der Waals surface area (Å²) in [4.78, 5) is 0. The highest BCUT2D eigenvalue weighted by molar-refractivity contribution is 4.87. The molecule has 86 valence electrons. The van der Waals surface area contributed by atoms with Gasteiger partial charge < -0.3 is 0 Å². The van der Waals surface area contributed by atoms with Crippen LogP contribution in [-0.4, -0.2) is 0 Å². The third-order valence-electron chi connectivity index (χ3n) is 5.65. The third-order valence-corrected chi connectivity index (χ3v) is 5.65. The van der Waals surface area contributed by atoms with Crippen LogP contribution in [0.3, 0.4) is 0 Å². The van der Waals surface area contributed by atoms with Crippen molar-refractivity contribution in [1.29, 1.82) is 0 Å². The van der Waals surface area contributed by atoms with Crippen LogP contribution >= 0.6 is 0 Å². The first-order valence-electron chi connectivity index (χ1n) is 7.43. The summed E-state index contributed by atoms with van der Waals surface area (Å²) in [5.41, 5.74) is 0. The van der Waals surface area contributed by atoms with Crippen molar-refractivity contribution in [2.75, 3.05) is 0 Å². The fourth-order valence-corrected chi connectivity index (χ4v) is 4.77. The van der Waals surface area contributed by atoms with Gasteiger partial charge in [0.2, 0.25) is 0 Å². The Kier molecular flexibility index (Phi) is 3.03. The van der Waals surface area contributed by atoms with Crippen LogP contribution in [0.4, 0.5) is 0 Å². The van der Waals surface area contributed by atoms with Crippen molar-refractivity contribution in [3.05, 3.63) is 0 Å². The second-order valence-electron chi connectivity index (χ2n) is 6.42. The van der Waals surface area contributed by atoms with E-state index in [1.54, 1.807) is 44.9 Å². The third kappa shape index (κ3) is 2.10. The second-order valence-corrected chi connectivity index (χ2v) is 6.42. The van der Waals surface area contributed by atoms with Crippen molar-refractivity contribution in [2.45, 2.75) is 70.6 Å². The van der Waals surface area contributed by atoms with Gasteiger partial charge in [-0.25, -0.2) is 0 Å². The van der Waals surface area contributed by atoms with E-state index in [2.05, 4.69) is 0 Å². The molecule has 0 heterocycles. The van der Waals surface area contributed by atoms with Crippen LogP contribution < -0.4 is 0 Å². The SMILES string of the molecule is C1CCC([C@@H]2CC[C@H](C3CCCC3)C2)C1. The van der Waals surface area contributed by atoms with E-state index in [9.17, 15) is 0 Å². The van der Waals surface area contributed by atoms with Gasteiger partial charge in [0, 0.05) is 0 Å². The Balaban J connectivity index is 1.53. The fourth-order valence-electron chi connectivity index (χ4n) is 4.77. The van der Waals surface area contributed by atoms with E-state index in [4.69, 9.17) is 0 Å². The Morgan fingerprint density at radius 1 is 0.400 bits per heavy atom. The lowest BCUT2D eigenvalue weighted by Gasteiger charge is -2.21. The second kappa shape index (κ2) is 4.47. The standard InChI is InChI=1S/C15H26/c1-2-6-12(5-1)14-9-10-15(11-14)13-7-3-4-8-13/h12-15H,1-11H2/t14-,15+. The van der Waals surface area contributed by atoms with Gasteiger partial charge >= 0.3 is 0 Å². The van der Waals surface area contributed by atoms with Gasteiger partial charge in [-0.05, 0) is 42.9 Å². The van der Waals surface area contributed by atoms with E-state index in [0.717, 1.165) is 23.7 Å². The molecule has 3 aliphatic carbocycles. The van der Waals surface area contributed by atoms with Gasteiger partial charge in [-0.1, -0.05) is 51.4 Å². The summed E-state index contributed by atoms with van der Waals surface area (Å²) in [6, 6.07) is 0. The summed E-state index contributed by atoms with van der Waals surface area (Å²) in [6.45, 7) is 0. The molecule has 3 rings (SSSR count). The van der Waals surface area contributed by atoms with Gasteiger partial charge in [0.15, 0.2) is 0 Å². The molecule has 15 heavy (non-hydrogen) atoms. The monoisotopic (exact) mass is 206 g/mol. The first-order chi connectivity index (χ1) is 7.43. The lowest BCUT2D eigenvalue weighted by molar-refractivity contribution is 0.295. The predicted molar refractivity (Wildman–Crippen MR) is 64.7 cm³/mol. The molecule has 0 nitrogen and oxygen atoms in total. The molecule has 3 saturated carbocycles. The van der Waals surface area contributed by atoms with Crippen molar-refractivity contribution in [3.8, 4) is 0 Å². The first-order valence-corrected chi connectivity index (χ1v) is 7.43. The molecule has 0 unspecified atom stereocenters. The van der Waals surface area contributed by atoms with Crippen LogP contribution in [0, 0.1) is 23.7 Å². The molecule has 3 aliphatic rings. The largest absolute Gasteiger partial charge is 0.0530 e. The minimum absolute atomic E-state index is 1.15. The normalized spacial score (nSPS) is 39.2.